The lowest BCUT2D eigenvalue weighted by molar-refractivity contribution is -0.137. The zero-order valence-corrected chi connectivity index (χ0v) is 34.3. The number of aldehydes is 1. The van der Waals surface area contributed by atoms with E-state index in [2.05, 4.69) is 25.3 Å². The van der Waals surface area contributed by atoms with Crippen LogP contribution in [-0.2, 0) is 6.18 Å². The lowest BCUT2D eigenvalue weighted by Crippen LogP contribution is -2.14. The molecule has 8 aromatic rings. The number of fused-ring (bicyclic) bond motifs is 2. The second kappa shape index (κ2) is 20.7. The van der Waals surface area contributed by atoms with Gasteiger partial charge in [-0.25, -0.2) is 9.97 Å². The molecule has 0 aliphatic carbocycles. The molecule has 0 saturated carbocycles. The highest BCUT2D eigenvalue weighted by Gasteiger charge is 2.30. The van der Waals surface area contributed by atoms with Crippen LogP contribution in [-0.4, -0.2) is 36.4 Å². The van der Waals surface area contributed by atoms with Crippen LogP contribution in [0.1, 0.15) is 38.7 Å². The average molecular weight is 893 g/mol. The predicted octanol–water partition coefficient (Wildman–Crippen LogP) is 12.6. The lowest BCUT2D eigenvalue weighted by atomic mass is 9.95. The largest absolute Gasteiger partial charge is 0.506 e. The quantitative estimate of drug-likeness (QED) is 0.124. The average Bonchev–Trinajstić information content (AvgIpc) is 3.24. The smallest absolute Gasteiger partial charge is 0.416 e. The Morgan fingerprint density at radius 2 is 1.32 bits per heavy atom. The van der Waals surface area contributed by atoms with Crippen molar-refractivity contribution in [1.82, 2.24) is 19.9 Å². The van der Waals surface area contributed by atoms with Gasteiger partial charge in [-0.3, -0.25) is 14.8 Å². The van der Waals surface area contributed by atoms with E-state index in [-0.39, 0.29) is 28.4 Å². The molecule has 0 saturated heterocycles. The van der Waals surface area contributed by atoms with E-state index < -0.39 is 17.8 Å². The molecule has 306 valence electrons. The van der Waals surface area contributed by atoms with Crippen LogP contribution in [0.25, 0.3) is 21.8 Å². The van der Waals surface area contributed by atoms with Crippen molar-refractivity contribution in [2.45, 2.75) is 19.1 Å². The van der Waals surface area contributed by atoms with Gasteiger partial charge < -0.3 is 21.3 Å². The number of anilines is 2. The first-order valence-corrected chi connectivity index (χ1v) is 19.1. The molecule has 1 atom stereocenters. The molecule has 0 spiro atoms. The topological polar surface area (TPSA) is 147 Å². The van der Waals surface area contributed by atoms with Crippen molar-refractivity contribution in [2.75, 3.05) is 11.1 Å². The molecule has 4 aromatic heterocycles. The number of phenols is 2. The molecule has 0 aliphatic rings. The molecule has 4 aromatic carbocycles. The number of benzene rings is 4. The van der Waals surface area contributed by atoms with Crippen LogP contribution in [0.5, 0.6) is 11.5 Å². The summed E-state index contributed by atoms with van der Waals surface area (Å²) >= 11 is 23.4. The van der Waals surface area contributed by atoms with Crippen molar-refractivity contribution in [1.29, 1.82) is 0 Å². The van der Waals surface area contributed by atoms with Crippen molar-refractivity contribution >= 4 is 86.1 Å². The second-order valence-corrected chi connectivity index (χ2v) is 14.3. The molecule has 4 heterocycles. The number of nitrogens with two attached hydrogens (primary N) is 1. The van der Waals surface area contributed by atoms with Crippen LogP contribution in [0.2, 0.25) is 20.1 Å². The number of para-hydroxylation sites is 1. The molecule has 0 bridgehead atoms. The molecule has 0 fully saturated rings. The van der Waals surface area contributed by atoms with Gasteiger partial charge in [0.2, 0.25) is 0 Å². The summed E-state index contributed by atoms with van der Waals surface area (Å²) in [5.41, 5.74) is 7.99. The Hall–Kier alpha value is -6.18. The van der Waals surface area contributed by atoms with E-state index >= 15 is 0 Å². The summed E-state index contributed by atoms with van der Waals surface area (Å²) in [6, 6.07) is 31.6. The van der Waals surface area contributed by atoms with Gasteiger partial charge in [-0.1, -0.05) is 100 Å². The van der Waals surface area contributed by atoms with E-state index in [1.807, 2.05) is 67.6 Å². The maximum atomic E-state index is 12.1. The molecule has 9 nitrogen and oxygen atoms in total. The number of hydrogen-bond donors (Lipinski definition) is 4. The molecular weight excluding hydrogens is 859 g/mol. The minimum Gasteiger partial charge on any atom is -0.506 e. The fourth-order valence-electron chi connectivity index (χ4n) is 5.48. The van der Waals surface area contributed by atoms with E-state index in [9.17, 15) is 28.2 Å². The third-order valence-electron chi connectivity index (χ3n) is 8.38. The minimum absolute atomic E-state index is 0.0167. The first kappa shape index (κ1) is 44.9. The fraction of sp³-hybridized carbons (Fsp3) is 0.0682. The number of carbonyl (C=O) groups excluding carboxylic acids is 1. The second-order valence-electron chi connectivity index (χ2n) is 12.6. The maximum Gasteiger partial charge on any atom is 0.416 e. The van der Waals surface area contributed by atoms with Gasteiger partial charge in [0, 0.05) is 51.7 Å². The Morgan fingerprint density at radius 3 is 1.92 bits per heavy atom. The number of halogens is 7. The zero-order valence-electron chi connectivity index (χ0n) is 31.2. The first-order chi connectivity index (χ1) is 28.6. The number of nitrogens with one attached hydrogen (secondary N) is 1. The molecule has 5 N–H and O–H groups in total. The van der Waals surface area contributed by atoms with E-state index in [1.165, 1.54) is 6.20 Å². The standard InChI is InChI=1S/C22H17Cl2N3O.C9H7NO.C8H4ClF3O.C5H5ClN2/c1-13-4-8-18(24)17(11-13)21(27-19-9-6-15(23)12-26-19)16-7-5-14-3-2-10-25-20(14)22(16)28;11-8-5-1-3-7-4-2-6-10-9(7)8;9-7-2-1-6(8(10,11)12)3-5(7)4-13;6-4-1-2-5(7)8-3-4/h2-12,21,28H,1H3,(H,26,27);1-6,11H;1-4H;1-3H,(H2,7,8). The van der Waals surface area contributed by atoms with Gasteiger partial charge in [0.25, 0.3) is 0 Å². The van der Waals surface area contributed by atoms with Crippen molar-refractivity contribution in [3.63, 3.8) is 0 Å². The number of rotatable bonds is 5. The van der Waals surface area contributed by atoms with E-state index in [0.717, 1.165) is 40.1 Å². The van der Waals surface area contributed by atoms with E-state index in [4.69, 9.17) is 52.1 Å². The zero-order chi connectivity index (χ0) is 43.4. The third-order valence-corrected chi connectivity index (χ3v) is 9.52. The van der Waals surface area contributed by atoms with Gasteiger partial charge >= 0.3 is 6.18 Å². The van der Waals surface area contributed by atoms with Crippen molar-refractivity contribution in [3.8, 4) is 11.5 Å². The van der Waals surface area contributed by atoms with Gasteiger partial charge in [-0.2, -0.15) is 13.2 Å². The highest BCUT2D eigenvalue weighted by Crippen LogP contribution is 2.39. The summed E-state index contributed by atoms with van der Waals surface area (Å²) in [6.45, 7) is 2.00. The van der Waals surface area contributed by atoms with E-state index in [0.29, 0.717) is 43.3 Å². The Labute approximate surface area is 362 Å². The van der Waals surface area contributed by atoms with Gasteiger partial charge in [0.15, 0.2) is 6.29 Å². The first-order valence-electron chi connectivity index (χ1n) is 17.6. The van der Waals surface area contributed by atoms with Gasteiger partial charge in [-0.15, -0.1) is 0 Å². The summed E-state index contributed by atoms with van der Waals surface area (Å²) in [6.07, 6.45) is 2.26. The Kier molecular flexibility index (Phi) is 15.5. The van der Waals surface area contributed by atoms with Crippen LogP contribution in [0.4, 0.5) is 24.8 Å². The number of aryl methyl sites for hydroxylation is 1. The van der Waals surface area contributed by atoms with Crippen LogP contribution in [0.3, 0.4) is 0 Å². The molecule has 0 radical (unpaired) electrons. The highest BCUT2D eigenvalue weighted by atomic mass is 35.5. The van der Waals surface area contributed by atoms with Crippen LogP contribution < -0.4 is 11.1 Å². The number of aromatic nitrogens is 4. The SMILES string of the molecule is Cc1ccc(Cl)c(C(Nc2ccc(Cl)cn2)c2ccc3cccnc3c2O)c1.Nc1ccc(Cl)cn1.O=Cc1cc(C(F)(F)F)ccc1Cl.Oc1cccc2cccnc12. The summed E-state index contributed by atoms with van der Waals surface area (Å²) in [5.74, 6) is 1.46. The predicted molar refractivity (Wildman–Crippen MR) is 233 cm³/mol. The van der Waals surface area contributed by atoms with Crippen LogP contribution >= 0.6 is 46.4 Å². The normalized spacial score (nSPS) is 11.2. The number of hydrogen-bond acceptors (Lipinski definition) is 9. The molecule has 0 amide bonds. The number of pyridine rings is 4. The maximum absolute atomic E-state index is 12.1. The van der Waals surface area contributed by atoms with Crippen molar-refractivity contribution < 1.29 is 28.2 Å². The van der Waals surface area contributed by atoms with E-state index in [1.54, 1.807) is 55.0 Å². The number of phenolic OH excluding ortho intramolecular Hbond substituents is 2. The number of alkyl halides is 3. The summed E-state index contributed by atoms with van der Waals surface area (Å²) in [4.78, 5) is 26.7. The number of nitrogens with zero attached hydrogens (tertiary/aromatic N) is 4. The number of carbonyl (C=O) groups is 1. The van der Waals surface area contributed by atoms with Crippen LogP contribution in [0.15, 0.2) is 140 Å². The monoisotopic (exact) mass is 890 g/mol. The molecule has 0 aliphatic heterocycles. The molecular formula is C44H33Cl4F3N6O3. The number of nitrogen functional groups attached to an aromatic ring is 1. The van der Waals surface area contributed by atoms with Crippen LogP contribution in [0, 0.1) is 6.92 Å². The fourth-order valence-corrected chi connectivity index (χ4v) is 6.09. The summed E-state index contributed by atoms with van der Waals surface area (Å²) in [5, 5.41) is 27.3. The molecule has 8 rings (SSSR count). The summed E-state index contributed by atoms with van der Waals surface area (Å²) in [7, 11) is 0. The Morgan fingerprint density at radius 1 is 0.683 bits per heavy atom. The van der Waals surface area contributed by atoms with Gasteiger partial charge in [-0.05, 0) is 79.2 Å². The third kappa shape index (κ3) is 12.2. The van der Waals surface area contributed by atoms with Gasteiger partial charge in [0.05, 0.1) is 26.7 Å². The Balaban J connectivity index is 0.000000175. The van der Waals surface area contributed by atoms with Gasteiger partial charge in [0.1, 0.15) is 34.2 Å². The Bertz CT molecular complexity index is 2680. The van der Waals surface area contributed by atoms with Crippen molar-refractivity contribution in [2.24, 2.45) is 0 Å². The molecule has 60 heavy (non-hydrogen) atoms. The lowest BCUT2D eigenvalue weighted by Gasteiger charge is -2.23. The minimum atomic E-state index is -4.44. The van der Waals surface area contributed by atoms with Crippen molar-refractivity contribution in [3.05, 3.63) is 188 Å². The molecule has 16 heteroatoms. The molecule has 1 unspecified atom stereocenters. The number of aromatic hydroxyl groups is 2. The highest BCUT2D eigenvalue weighted by molar-refractivity contribution is 6.33. The summed E-state index contributed by atoms with van der Waals surface area (Å²) < 4.78 is 36.2.